The second kappa shape index (κ2) is 6.01. The highest BCUT2D eigenvalue weighted by Gasteiger charge is 2.11. The number of phenols is 1. The number of aromatic nitrogens is 3. The molecule has 0 saturated carbocycles. The van der Waals surface area contributed by atoms with Gasteiger partial charge in [-0.3, -0.25) is 9.67 Å². The second-order valence-electron chi connectivity index (χ2n) is 5.42. The Labute approximate surface area is 138 Å². The van der Waals surface area contributed by atoms with Crippen molar-refractivity contribution < 1.29 is 9.50 Å². The monoisotopic (exact) mass is 331 g/mol. The number of aromatic hydroxyl groups is 1. The number of benzene rings is 1. The molecule has 23 heavy (non-hydrogen) atoms. The second-order valence-corrected chi connectivity index (χ2v) is 5.83. The minimum atomic E-state index is -0.564. The van der Waals surface area contributed by atoms with Crippen molar-refractivity contribution in [1.82, 2.24) is 14.8 Å². The van der Waals surface area contributed by atoms with Crippen LogP contribution in [-0.2, 0) is 6.54 Å². The summed E-state index contributed by atoms with van der Waals surface area (Å²) in [7, 11) is 0. The van der Waals surface area contributed by atoms with Gasteiger partial charge < -0.3 is 5.11 Å². The first kappa shape index (κ1) is 15.5. The molecule has 1 N–H and O–H groups in total. The molecular weight excluding hydrogens is 317 g/mol. The van der Waals surface area contributed by atoms with Gasteiger partial charge in [0.2, 0.25) is 0 Å². The molecule has 2 aromatic heterocycles. The average Bonchev–Trinajstić information content (AvgIpc) is 2.82. The number of aryl methyl sites for hydroxylation is 2. The summed E-state index contributed by atoms with van der Waals surface area (Å²) in [5, 5.41) is 13.9. The van der Waals surface area contributed by atoms with Gasteiger partial charge in [-0.1, -0.05) is 17.7 Å². The van der Waals surface area contributed by atoms with Crippen molar-refractivity contribution in [1.29, 1.82) is 0 Å². The van der Waals surface area contributed by atoms with E-state index in [1.54, 1.807) is 12.3 Å². The first-order valence-electron chi connectivity index (χ1n) is 7.08. The molecule has 3 aromatic rings. The van der Waals surface area contributed by atoms with Gasteiger partial charge in [0.15, 0.2) is 0 Å². The van der Waals surface area contributed by atoms with Crippen LogP contribution in [0.2, 0.25) is 5.02 Å². The third-order valence-electron chi connectivity index (χ3n) is 3.57. The summed E-state index contributed by atoms with van der Waals surface area (Å²) in [5.74, 6) is -0.847. The standard InChI is InChI=1S/C17H15ClFN3O/c1-10-5-11(2)22(21-10)9-12-3-4-16(20-8-12)13-6-14(18)17(23)7-15(13)19/h3-8,23H,9H2,1-2H3. The van der Waals surface area contributed by atoms with Gasteiger partial charge in [-0.25, -0.2) is 4.39 Å². The van der Waals surface area contributed by atoms with Crippen molar-refractivity contribution in [2.45, 2.75) is 20.4 Å². The highest BCUT2D eigenvalue weighted by molar-refractivity contribution is 6.32. The number of hydrogen-bond acceptors (Lipinski definition) is 3. The Hall–Kier alpha value is -2.40. The molecule has 3 rings (SSSR count). The van der Waals surface area contributed by atoms with Crippen LogP contribution < -0.4 is 0 Å². The normalized spacial score (nSPS) is 11.0. The minimum absolute atomic E-state index is 0.0925. The molecule has 0 saturated heterocycles. The maximum absolute atomic E-state index is 13.9. The van der Waals surface area contributed by atoms with E-state index in [2.05, 4.69) is 10.1 Å². The van der Waals surface area contributed by atoms with Crippen molar-refractivity contribution in [3.63, 3.8) is 0 Å². The van der Waals surface area contributed by atoms with Gasteiger partial charge in [0.1, 0.15) is 11.6 Å². The number of hydrogen-bond donors (Lipinski definition) is 1. The summed E-state index contributed by atoms with van der Waals surface area (Å²) < 4.78 is 15.8. The molecule has 0 aliphatic heterocycles. The highest BCUT2D eigenvalue weighted by atomic mass is 35.5. The number of rotatable bonds is 3. The number of halogens is 2. The smallest absolute Gasteiger partial charge is 0.137 e. The lowest BCUT2D eigenvalue weighted by atomic mass is 10.1. The van der Waals surface area contributed by atoms with E-state index in [0.29, 0.717) is 12.2 Å². The summed E-state index contributed by atoms with van der Waals surface area (Å²) in [6, 6.07) is 7.97. The van der Waals surface area contributed by atoms with Gasteiger partial charge in [-0.05, 0) is 37.6 Å². The lowest BCUT2D eigenvalue weighted by molar-refractivity contribution is 0.469. The molecule has 0 fully saturated rings. The van der Waals surface area contributed by atoms with Crippen molar-refractivity contribution in [2.75, 3.05) is 0 Å². The molecule has 0 aliphatic rings. The van der Waals surface area contributed by atoms with E-state index in [-0.39, 0.29) is 16.3 Å². The van der Waals surface area contributed by atoms with E-state index >= 15 is 0 Å². The topological polar surface area (TPSA) is 50.9 Å². The summed E-state index contributed by atoms with van der Waals surface area (Å²) >= 11 is 5.84. The van der Waals surface area contributed by atoms with Gasteiger partial charge in [-0.15, -0.1) is 0 Å². The first-order valence-corrected chi connectivity index (χ1v) is 7.46. The maximum atomic E-state index is 13.9. The first-order chi connectivity index (χ1) is 10.9. The summed E-state index contributed by atoms with van der Waals surface area (Å²) in [6.45, 7) is 4.55. The predicted octanol–water partition coefficient (Wildman–Crippen LogP) is 4.11. The van der Waals surface area contributed by atoms with Gasteiger partial charge in [0.25, 0.3) is 0 Å². The van der Waals surface area contributed by atoms with E-state index in [1.165, 1.54) is 6.07 Å². The van der Waals surface area contributed by atoms with Gasteiger partial charge in [-0.2, -0.15) is 5.10 Å². The third kappa shape index (κ3) is 3.19. The Morgan fingerprint density at radius 3 is 2.61 bits per heavy atom. The predicted molar refractivity (Wildman–Crippen MR) is 87.1 cm³/mol. The van der Waals surface area contributed by atoms with E-state index < -0.39 is 5.82 Å². The zero-order chi connectivity index (χ0) is 16.6. The van der Waals surface area contributed by atoms with Crippen LogP contribution in [0, 0.1) is 19.7 Å². The Morgan fingerprint density at radius 2 is 2.00 bits per heavy atom. The Kier molecular flexibility index (Phi) is 4.05. The highest BCUT2D eigenvalue weighted by Crippen LogP contribution is 2.31. The van der Waals surface area contributed by atoms with Crippen LogP contribution in [0.1, 0.15) is 17.0 Å². The molecule has 0 spiro atoms. The SMILES string of the molecule is Cc1cc(C)n(Cc2ccc(-c3cc(Cl)c(O)cc3F)nc2)n1. The number of phenolic OH excluding ortho intramolecular Hbond substituents is 1. The molecule has 2 heterocycles. The molecule has 4 nitrogen and oxygen atoms in total. The largest absolute Gasteiger partial charge is 0.506 e. The lowest BCUT2D eigenvalue weighted by Crippen LogP contribution is -2.04. The van der Waals surface area contributed by atoms with E-state index in [1.807, 2.05) is 30.7 Å². The van der Waals surface area contributed by atoms with Crippen molar-refractivity contribution in [3.8, 4) is 17.0 Å². The third-order valence-corrected chi connectivity index (χ3v) is 3.88. The van der Waals surface area contributed by atoms with Crippen LogP contribution in [0.25, 0.3) is 11.3 Å². The number of pyridine rings is 1. The molecule has 0 aliphatic carbocycles. The zero-order valence-corrected chi connectivity index (χ0v) is 13.5. The summed E-state index contributed by atoms with van der Waals surface area (Å²) in [6.07, 6.45) is 1.69. The molecule has 118 valence electrons. The quantitative estimate of drug-likeness (QED) is 0.785. The molecule has 0 atom stereocenters. The molecule has 0 radical (unpaired) electrons. The van der Waals surface area contributed by atoms with Gasteiger partial charge >= 0.3 is 0 Å². The van der Waals surface area contributed by atoms with Crippen molar-refractivity contribution >= 4 is 11.6 Å². The fraction of sp³-hybridized carbons (Fsp3) is 0.176. The van der Waals surface area contributed by atoms with Crippen LogP contribution in [-0.4, -0.2) is 19.9 Å². The van der Waals surface area contributed by atoms with E-state index in [0.717, 1.165) is 23.0 Å². The molecule has 6 heteroatoms. The summed E-state index contributed by atoms with van der Waals surface area (Å²) in [5.41, 5.74) is 3.72. The minimum Gasteiger partial charge on any atom is -0.506 e. The zero-order valence-electron chi connectivity index (χ0n) is 12.7. The summed E-state index contributed by atoms with van der Waals surface area (Å²) in [4.78, 5) is 4.29. The average molecular weight is 332 g/mol. The van der Waals surface area contributed by atoms with E-state index in [9.17, 15) is 9.50 Å². The van der Waals surface area contributed by atoms with E-state index in [4.69, 9.17) is 11.6 Å². The van der Waals surface area contributed by atoms with Crippen LogP contribution >= 0.6 is 11.6 Å². The van der Waals surface area contributed by atoms with Crippen LogP contribution in [0.3, 0.4) is 0 Å². The van der Waals surface area contributed by atoms with Crippen molar-refractivity contribution in [3.05, 3.63) is 64.3 Å². The van der Waals surface area contributed by atoms with Gasteiger partial charge in [0, 0.05) is 23.5 Å². The van der Waals surface area contributed by atoms with Crippen molar-refractivity contribution in [2.24, 2.45) is 0 Å². The Morgan fingerprint density at radius 1 is 1.22 bits per heavy atom. The van der Waals surface area contributed by atoms with Gasteiger partial charge in [0.05, 0.1) is 23.0 Å². The Balaban J connectivity index is 1.88. The molecule has 1 aromatic carbocycles. The Bertz CT molecular complexity index is 859. The fourth-order valence-corrected chi connectivity index (χ4v) is 2.58. The lowest BCUT2D eigenvalue weighted by Gasteiger charge is -2.07. The fourth-order valence-electron chi connectivity index (χ4n) is 2.42. The molecule has 0 unspecified atom stereocenters. The molecule has 0 amide bonds. The molecule has 0 bridgehead atoms. The molecular formula is C17H15ClFN3O. The maximum Gasteiger partial charge on any atom is 0.137 e. The van der Waals surface area contributed by atoms with Crippen LogP contribution in [0.15, 0.2) is 36.5 Å². The number of nitrogens with zero attached hydrogens (tertiary/aromatic N) is 3. The van der Waals surface area contributed by atoms with Crippen LogP contribution in [0.4, 0.5) is 4.39 Å². The van der Waals surface area contributed by atoms with Crippen LogP contribution in [0.5, 0.6) is 5.75 Å².